The summed E-state index contributed by atoms with van der Waals surface area (Å²) in [6.45, 7) is 28.9. The number of nitrogens with zero attached hydrogens (tertiary/aromatic N) is 4. The van der Waals surface area contributed by atoms with Gasteiger partial charge in [-0.25, -0.2) is 4.98 Å². The lowest BCUT2D eigenvalue weighted by Gasteiger charge is -2.73. The van der Waals surface area contributed by atoms with E-state index in [1.165, 1.54) is 30.4 Å². The van der Waals surface area contributed by atoms with Crippen LogP contribution >= 0.6 is 0 Å². The number of hydrogen-bond acceptors (Lipinski definition) is 7. The predicted octanol–water partition coefficient (Wildman–Crippen LogP) is 11.8. The smallest absolute Gasteiger partial charge is 0.309 e. The van der Waals surface area contributed by atoms with E-state index in [2.05, 4.69) is 108 Å². The van der Waals surface area contributed by atoms with Gasteiger partial charge in [0.05, 0.1) is 40.9 Å². The fourth-order valence-corrected chi connectivity index (χ4v) is 17.5. The van der Waals surface area contributed by atoms with Crippen LogP contribution in [0.5, 0.6) is 0 Å². The number of ether oxygens (including phenoxy) is 2. The van der Waals surface area contributed by atoms with Gasteiger partial charge in [-0.3, -0.25) is 14.4 Å². The van der Waals surface area contributed by atoms with Crippen molar-refractivity contribution in [3.8, 4) is 0 Å². The van der Waals surface area contributed by atoms with Gasteiger partial charge in [0.2, 0.25) is 5.91 Å². The molecule has 1 amide bonds. The minimum atomic E-state index is -0.473. The molecule has 7 aliphatic rings. The van der Waals surface area contributed by atoms with Crippen LogP contribution in [0, 0.1) is 73.9 Å². The van der Waals surface area contributed by atoms with Crippen molar-refractivity contribution >= 4 is 28.9 Å². The van der Waals surface area contributed by atoms with E-state index >= 15 is 4.79 Å². The Morgan fingerprint density at radius 1 is 0.833 bits per heavy atom. The van der Waals surface area contributed by atoms with Crippen LogP contribution in [-0.2, 0) is 30.4 Å². The Morgan fingerprint density at radius 3 is 2.29 bits per heavy atom. The minimum absolute atomic E-state index is 0.00300. The van der Waals surface area contributed by atoms with Gasteiger partial charge in [-0.2, -0.15) is 0 Å². The number of benzene rings is 1. The van der Waals surface area contributed by atoms with Gasteiger partial charge >= 0.3 is 11.9 Å². The Balaban J connectivity index is 0.949. The van der Waals surface area contributed by atoms with Gasteiger partial charge in [-0.15, -0.1) is 0 Å². The minimum Gasteiger partial charge on any atom is -0.465 e. The molecule has 0 unspecified atom stereocenters. The highest BCUT2D eigenvalue weighted by molar-refractivity contribution is 5.85. The van der Waals surface area contributed by atoms with E-state index in [1.807, 2.05) is 13.8 Å². The molecule has 0 radical (unpaired) electrons. The molecule has 1 aromatic carbocycles. The number of fused-ring (bicyclic) bond motifs is 8. The maximum Gasteiger partial charge on any atom is 0.309 e. The molecule has 0 bridgehead atoms. The average molecular weight is 907 g/mol. The normalized spacial score (nSPS) is 39.9. The summed E-state index contributed by atoms with van der Waals surface area (Å²) in [6, 6.07) is 8.52. The van der Waals surface area contributed by atoms with E-state index in [0.29, 0.717) is 48.5 Å². The molecule has 13 atom stereocenters. The molecular formula is C57H86N4O5. The maximum absolute atomic E-state index is 15.9. The summed E-state index contributed by atoms with van der Waals surface area (Å²) in [7, 11) is 4.26. The number of esters is 2. The van der Waals surface area contributed by atoms with Crippen molar-refractivity contribution < 1.29 is 23.9 Å². The van der Waals surface area contributed by atoms with E-state index in [-0.39, 0.29) is 63.0 Å². The van der Waals surface area contributed by atoms with Crippen LogP contribution in [0.15, 0.2) is 36.4 Å². The first-order chi connectivity index (χ1) is 31.2. The number of rotatable bonds is 12. The highest BCUT2D eigenvalue weighted by Crippen LogP contribution is 2.78. The number of unbranched alkanes of at least 4 members (excludes halogenated alkanes) is 1. The summed E-state index contributed by atoms with van der Waals surface area (Å²) in [5.41, 5.74) is 2.84. The van der Waals surface area contributed by atoms with Crippen molar-refractivity contribution in [3.05, 3.63) is 42.2 Å². The van der Waals surface area contributed by atoms with Crippen molar-refractivity contribution in [2.45, 2.75) is 177 Å². The largest absolute Gasteiger partial charge is 0.465 e. The molecule has 2 heterocycles. The lowest BCUT2D eigenvalue weighted by atomic mass is 9.32. The Morgan fingerprint density at radius 2 is 1.58 bits per heavy atom. The lowest BCUT2D eigenvalue weighted by Crippen LogP contribution is -2.67. The first-order valence-electron chi connectivity index (χ1n) is 26.6. The van der Waals surface area contributed by atoms with Crippen LogP contribution in [0.4, 0.5) is 0 Å². The summed E-state index contributed by atoms with van der Waals surface area (Å²) in [5, 5.41) is 0. The fraction of sp³-hybridized carbons (Fsp3) is 0.789. The Hall–Kier alpha value is -3.20. The first-order valence-corrected chi connectivity index (χ1v) is 26.6. The van der Waals surface area contributed by atoms with Crippen LogP contribution in [0.2, 0.25) is 0 Å². The molecule has 364 valence electrons. The van der Waals surface area contributed by atoms with Crippen molar-refractivity contribution in [2.75, 3.05) is 33.8 Å². The molecule has 1 aromatic heterocycles. The number of likely N-dealkylation sites (tertiary alicyclic amines) is 1. The average Bonchev–Trinajstić information content (AvgIpc) is 4.00. The molecular weight excluding hydrogens is 821 g/mol. The summed E-state index contributed by atoms with van der Waals surface area (Å²) in [4.78, 5) is 52.8. The van der Waals surface area contributed by atoms with Crippen molar-refractivity contribution in [1.82, 2.24) is 19.4 Å². The molecule has 9 nitrogen and oxygen atoms in total. The number of carbonyl (C=O) groups is 3. The Bertz CT molecular complexity index is 2210. The van der Waals surface area contributed by atoms with Crippen LogP contribution in [0.1, 0.15) is 170 Å². The fourth-order valence-electron chi connectivity index (χ4n) is 17.5. The molecule has 1 saturated heterocycles. The van der Waals surface area contributed by atoms with E-state index in [9.17, 15) is 9.59 Å². The molecule has 0 N–H and O–H groups in total. The van der Waals surface area contributed by atoms with Gasteiger partial charge in [0.25, 0.3) is 0 Å². The number of likely N-dealkylation sites (N-methyl/N-ethyl adjacent to an activating group) is 1. The van der Waals surface area contributed by atoms with Gasteiger partial charge in [-0.05, 0) is 174 Å². The second-order valence-electron chi connectivity index (χ2n) is 25.4. The second-order valence-corrected chi connectivity index (χ2v) is 25.4. The quantitative estimate of drug-likeness (QED) is 0.119. The monoisotopic (exact) mass is 907 g/mol. The number of imidazole rings is 1. The summed E-state index contributed by atoms with van der Waals surface area (Å²) >= 11 is 0. The lowest BCUT2D eigenvalue weighted by molar-refractivity contribution is -0.251. The van der Waals surface area contributed by atoms with E-state index in [1.54, 1.807) is 0 Å². The molecule has 66 heavy (non-hydrogen) atoms. The summed E-state index contributed by atoms with van der Waals surface area (Å²) < 4.78 is 14.6. The maximum atomic E-state index is 15.9. The zero-order valence-corrected chi connectivity index (χ0v) is 43.0. The van der Waals surface area contributed by atoms with Gasteiger partial charge in [-0.1, -0.05) is 86.1 Å². The third-order valence-electron chi connectivity index (χ3n) is 21.5. The standard InChI is InChI=1S/C57H86N4O5/c1-13-14-34-65-49(62)39-35-40(52(39,4)5)50(63)66-46-25-26-54(8)44(53(46,6)7)24-27-56(10)45(54)22-21-38-47-37(36(2)3)23-28-57(47,30-29-55(38,56)9)51(64)61-31-17-20-43(61)48-58-41-18-15-16-19-42(41)60(48)33-32-59(11)12/h15-16,18-19,37-40,43-47H,2,13-14,17,20-35H2,1,3-12H3/t37-,38+,39-,40+,43-,44-,45+,46-,47+,54-,55+,56+,57-/m0/s1. The molecule has 1 aliphatic heterocycles. The van der Waals surface area contributed by atoms with Gasteiger partial charge in [0, 0.05) is 25.0 Å². The van der Waals surface area contributed by atoms with Crippen LogP contribution in [0.25, 0.3) is 11.0 Å². The zero-order valence-electron chi connectivity index (χ0n) is 43.0. The molecule has 9 rings (SSSR count). The van der Waals surface area contributed by atoms with Gasteiger partial charge in [0.15, 0.2) is 0 Å². The number of hydrogen-bond donors (Lipinski definition) is 0. The first kappa shape index (κ1) is 47.8. The van der Waals surface area contributed by atoms with E-state index < -0.39 is 5.41 Å². The second kappa shape index (κ2) is 17.0. The predicted molar refractivity (Wildman–Crippen MR) is 262 cm³/mol. The Labute approximate surface area is 397 Å². The van der Waals surface area contributed by atoms with Crippen LogP contribution in [0.3, 0.4) is 0 Å². The molecule has 0 spiro atoms. The third kappa shape index (κ3) is 7.12. The van der Waals surface area contributed by atoms with E-state index in [4.69, 9.17) is 14.5 Å². The number of aromatic nitrogens is 2. The molecule has 9 heteroatoms. The molecule has 2 aromatic rings. The molecule has 7 fully saturated rings. The van der Waals surface area contributed by atoms with E-state index in [0.717, 1.165) is 102 Å². The zero-order chi connectivity index (χ0) is 47.4. The highest BCUT2D eigenvalue weighted by Gasteiger charge is 2.73. The van der Waals surface area contributed by atoms with Gasteiger partial charge < -0.3 is 23.8 Å². The Kier molecular flexibility index (Phi) is 12.4. The number of allylic oxidation sites excluding steroid dienone is 1. The van der Waals surface area contributed by atoms with Crippen molar-refractivity contribution in [3.63, 3.8) is 0 Å². The molecule has 6 saturated carbocycles. The van der Waals surface area contributed by atoms with Crippen molar-refractivity contribution in [2.24, 2.45) is 73.9 Å². The topological polar surface area (TPSA) is 94.0 Å². The highest BCUT2D eigenvalue weighted by atomic mass is 16.5. The number of amides is 1. The number of para-hydroxylation sites is 2. The number of carbonyl (C=O) groups excluding carboxylic acids is 3. The SMILES string of the molecule is C=C(C)[C@@H]1CC[C@]2(C(=O)N3CCC[C@H]3c3nc4ccccc4n3CCN(C)C)CC[C@]3(C)[C@H](CC[C@@H]4[C@@]5(C)CC[C@H](OC(=O)[C@H]6C[C@@H](C(=O)OCCCC)C6(C)C)C(C)(C)[C@@H]5CC[C@]43C)[C@@H]12. The third-order valence-corrected chi connectivity index (χ3v) is 21.5. The summed E-state index contributed by atoms with van der Waals surface area (Å²) in [5.74, 6) is 2.79. The van der Waals surface area contributed by atoms with Crippen LogP contribution < -0.4 is 0 Å². The molecule has 6 aliphatic carbocycles. The summed E-state index contributed by atoms with van der Waals surface area (Å²) in [6.07, 6.45) is 14.9. The van der Waals surface area contributed by atoms with Gasteiger partial charge in [0.1, 0.15) is 11.9 Å². The van der Waals surface area contributed by atoms with Crippen LogP contribution in [-0.4, -0.2) is 77.1 Å². The van der Waals surface area contributed by atoms with Crippen molar-refractivity contribution in [1.29, 1.82) is 0 Å².